The van der Waals surface area contributed by atoms with Gasteiger partial charge in [-0.25, -0.2) is 8.42 Å². The van der Waals surface area contributed by atoms with Crippen LogP contribution in [0.2, 0.25) is 0 Å². The van der Waals surface area contributed by atoms with Crippen molar-refractivity contribution in [2.45, 2.75) is 141 Å². The van der Waals surface area contributed by atoms with E-state index < -0.39 is 15.4 Å². The van der Waals surface area contributed by atoms with E-state index in [2.05, 4.69) is 13.8 Å². The van der Waals surface area contributed by atoms with E-state index in [1.54, 1.807) is 0 Å². The average molecular weight is 445 g/mol. The molecule has 0 bridgehead atoms. The van der Waals surface area contributed by atoms with Gasteiger partial charge >= 0.3 is 51.4 Å². The molecule has 28 heavy (non-hydrogen) atoms. The van der Waals surface area contributed by atoms with Gasteiger partial charge in [-0.2, -0.15) is 0 Å². The summed E-state index contributed by atoms with van der Waals surface area (Å²) >= 11 is 0. The molecule has 4 nitrogen and oxygen atoms in total. The zero-order valence-electron chi connectivity index (χ0n) is 19.0. The number of unbranched alkanes of at least 4 members (excludes halogenated alkanes) is 11. The second-order valence-electron chi connectivity index (χ2n) is 8.17. The zero-order valence-corrected chi connectivity index (χ0v) is 22.9. The van der Waals surface area contributed by atoms with Crippen molar-refractivity contribution < 1.29 is 69.5 Å². The first-order valence-electron chi connectivity index (χ1n) is 11.5. The summed E-state index contributed by atoms with van der Waals surface area (Å²) in [4.78, 5) is 0. The Labute approximate surface area is 218 Å². The van der Waals surface area contributed by atoms with E-state index in [1.165, 1.54) is 32.1 Å². The van der Waals surface area contributed by atoms with Gasteiger partial charge in [-0.1, -0.05) is 104 Å². The molecule has 164 valence electrons. The predicted octanol–water partition coefficient (Wildman–Crippen LogP) is 3.33. The van der Waals surface area contributed by atoms with Crippen LogP contribution in [0.5, 0.6) is 0 Å². The summed E-state index contributed by atoms with van der Waals surface area (Å²) in [6.45, 7) is 4.30. The van der Waals surface area contributed by atoms with Crippen LogP contribution >= 0.6 is 0 Å². The molecule has 0 aromatic rings. The van der Waals surface area contributed by atoms with E-state index in [1.807, 2.05) is 0 Å². The first-order chi connectivity index (χ1) is 12.9. The fourth-order valence-corrected chi connectivity index (χ4v) is 4.55. The number of hydrogen-bond acceptors (Lipinski definition) is 4. The molecule has 0 radical (unpaired) electrons. The molecule has 0 aliphatic rings. The third-order valence-corrected chi connectivity index (χ3v) is 6.78. The van der Waals surface area contributed by atoms with Crippen LogP contribution in [-0.2, 0) is 10.1 Å². The summed E-state index contributed by atoms with van der Waals surface area (Å²) in [6, 6.07) is 0. The van der Waals surface area contributed by atoms with Crippen LogP contribution in [0.3, 0.4) is 0 Å². The van der Waals surface area contributed by atoms with E-state index in [0.29, 0.717) is 12.8 Å². The van der Waals surface area contributed by atoms with Gasteiger partial charge in [0, 0.05) is 5.25 Å². The Hall–Kier alpha value is 1.51. The summed E-state index contributed by atoms with van der Waals surface area (Å²) in [5.74, 6) is 0. The third-order valence-electron chi connectivity index (χ3n) is 5.49. The minimum Gasteiger partial charge on any atom is -0.748 e. The summed E-state index contributed by atoms with van der Waals surface area (Å²) in [7, 11) is -4.15. The molecular formula is C22H45KO4S. The van der Waals surface area contributed by atoms with Crippen LogP contribution in [-0.4, -0.2) is 29.4 Å². The van der Waals surface area contributed by atoms with Gasteiger partial charge in [0.1, 0.15) is 0 Å². The van der Waals surface area contributed by atoms with Gasteiger partial charge in [0.2, 0.25) is 0 Å². The molecule has 0 heterocycles. The zero-order chi connectivity index (χ0) is 20.4. The van der Waals surface area contributed by atoms with E-state index in [0.717, 1.165) is 70.6 Å². The average Bonchev–Trinajstić information content (AvgIpc) is 2.61. The molecule has 6 heteroatoms. The van der Waals surface area contributed by atoms with Crippen molar-refractivity contribution >= 4 is 10.1 Å². The van der Waals surface area contributed by atoms with Crippen LogP contribution in [0.15, 0.2) is 0 Å². The van der Waals surface area contributed by atoms with Gasteiger partial charge in [-0.15, -0.1) is 0 Å². The quantitative estimate of drug-likeness (QED) is 0.177. The number of aliphatic hydroxyl groups excluding tert-OH is 1. The summed E-state index contributed by atoms with van der Waals surface area (Å²) in [6.07, 6.45) is 18.1. The number of hydrogen-bond donors (Lipinski definition) is 1. The van der Waals surface area contributed by atoms with Crippen LogP contribution in [0.25, 0.3) is 0 Å². The van der Waals surface area contributed by atoms with Gasteiger partial charge in [0.25, 0.3) is 0 Å². The van der Waals surface area contributed by atoms with Crippen LogP contribution < -0.4 is 51.4 Å². The maximum Gasteiger partial charge on any atom is 1.00 e. The molecule has 0 aromatic carbocycles. The van der Waals surface area contributed by atoms with Gasteiger partial charge in [-0.3, -0.25) is 0 Å². The van der Waals surface area contributed by atoms with Gasteiger partial charge in [0.05, 0.1) is 16.2 Å². The van der Waals surface area contributed by atoms with E-state index >= 15 is 0 Å². The first-order valence-corrected chi connectivity index (χ1v) is 13.0. The standard InChI is InChI=1S/C22H46O4S.K/c1-3-5-7-8-10-14-17-21(23)18-15-11-9-12-16-20-22(27(24,25)26)19-13-6-4-2;/h21-23H,3-20H2,1-2H3,(H,24,25,26);/q;+1/p-1. The Kier molecular flexibility index (Phi) is 24.6. The molecule has 0 aliphatic carbocycles. The predicted molar refractivity (Wildman–Crippen MR) is 114 cm³/mol. The maximum absolute atomic E-state index is 11.3. The minimum absolute atomic E-state index is 0. The second kappa shape index (κ2) is 21.7. The van der Waals surface area contributed by atoms with Crippen molar-refractivity contribution in [3.05, 3.63) is 0 Å². The smallest absolute Gasteiger partial charge is 0.748 e. The molecule has 0 aliphatic heterocycles. The fraction of sp³-hybridized carbons (Fsp3) is 1.00. The molecule has 0 fully saturated rings. The molecule has 0 rings (SSSR count). The summed E-state index contributed by atoms with van der Waals surface area (Å²) in [5.41, 5.74) is 0. The Balaban J connectivity index is 0. The third kappa shape index (κ3) is 20.8. The molecular weight excluding hydrogens is 399 g/mol. The Morgan fingerprint density at radius 2 is 0.964 bits per heavy atom. The number of aliphatic hydroxyl groups is 1. The Bertz CT molecular complexity index is 415. The van der Waals surface area contributed by atoms with Gasteiger partial charge in [-0.05, 0) is 25.7 Å². The van der Waals surface area contributed by atoms with Crippen molar-refractivity contribution in [3.63, 3.8) is 0 Å². The molecule has 2 unspecified atom stereocenters. The van der Waals surface area contributed by atoms with Gasteiger partial charge < -0.3 is 9.66 Å². The van der Waals surface area contributed by atoms with Crippen LogP contribution in [0.4, 0.5) is 0 Å². The maximum atomic E-state index is 11.3. The molecule has 0 amide bonds. The molecule has 2 atom stereocenters. The van der Waals surface area contributed by atoms with Crippen molar-refractivity contribution in [2.75, 3.05) is 0 Å². The fourth-order valence-electron chi connectivity index (χ4n) is 3.64. The molecule has 0 spiro atoms. The minimum atomic E-state index is -4.15. The van der Waals surface area contributed by atoms with Crippen molar-refractivity contribution in [1.82, 2.24) is 0 Å². The monoisotopic (exact) mass is 444 g/mol. The van der Waals surface area contributed by atoms with E-state index in [4.69, 9.17) is 0 Å². The van der Waals surface area contributed by atoms with E-state index in [-0.39, 0.29) is 57.5 Å². The van der Waals surface area contributed by atoms with Crippen LogP contribution in [0, 0.1) is 0 Å². The van der Waals surface area contributed by atoms with Crippen LogP contribution in [0.1, 0.15) is 129 Å². The second-order valence-corrected chi connectivity index (χ2v) is 9.82. The summed E-state index contributed by atoms with van der Waals surface area (Å²) < 4.78 is 34.0. The SMILES string of the molecule is CCCCCCCCC(O)CCCCCCCC(CCCCC)S(=O)(=O)[O-].[K+]. The first kappa shape index (κ1) is 31.7. The largest absolute Gasteiger partial charge is 1.00 e. The van der Waals surface area contributed by atoms with Crippen molar-refractivity contribution in [3.8, 4) is 0 Å². The molecule has 0 saturated heterocycles. The van der Waals surface area contributed by atoms with Gasteiger partial charge in [0.15, 0.2) is 0 Å². The molecule has 0 aromatic heterocycles. The van der Waals surface area contributed by atoms with E-state index in [9.17, 15) is 18.1 Å². The molecule has 1 N–H and O–H groups in total. The Morgan fingerprint density at radius 1 is 0.643 bits per heavy atom. The summed E-state index contributed by atoms with van der Waals surface area (Å²) in [5, 5.41) is 9.33. The normalized spacial score (nSPS) is 13.9. The van der Waals surface area contributed by atoms with Crippen molar-refractivity contribution in [1.29, 1.82) is 0 Å². The topological polar surface area (TPSA) is 77.4 Å². The van der Waals surface area contributed by atoms with Crippen molar-refractivity contribution in [2.24, 2.45) is 0 Å². The molecule has 0 saturated carbocycles. The number of rotatable bonds is 20. The Morgan fingerprint density at radius 3 is 1.39 bits per heavy atom.